The van der Waals surface area contributed by atoms with Crippen molar-refractivity contribution in [1.29, 1.82) is 0 Å². The summed E-state index contributed by atoms with van der Waals surface area (Å²) < 4.78 is 0. The first kappa shape index (κ1) is 13.5. The number of carbonyl (C=O) groups is 2. The molecular weight excluding hydrogens is 244 g/mol. The second-order valence-electron chi connectivity index (χ2n) is 5.18. The lowest BCUT2D eigenvalue weighted by Gasteiger charge is -2.51. The van der Waals surface area contributed by atoms with Gasteiger partial charge in [-0.25, -0.2) is 5.06 Å². The van der Waals surface area contributed by atoms with Gasteiger partial charge in [-0.3, -0.25) is 14.4 Å². The molecule has 1 atom stereocenters. The molecule has 1 fully saturated rings. The Labute approximate surface area is 112 Å². The van der Waals surface area contributed by atoms with E-state index in [1.165, 1.54) is 12.0 Å². The highest BCUT2D eigenvalue weighted by Crippen LogP contribution is 2.32. The zero-order chi connectivity index (χ0) is 14.0. The van der Waals surface area contributed by atoms with Crippen molar-refractivity contribution in [2.24, 2.45) is 0 Å². The zero-order valence-electron chi connectivity index (χ0n) is 11.3. The maximum Gasteiger partial charge on any atom is 0.271 e. The third-order valence-corrected chi connectivity index (χ3v) is 3.23. The van der Waals surface area contributed by atoms with Gasteiger partial charge in [0.15, 0.2) is 0 Å². The molecule has 1 saturated heterocycles. The van der Waals surface area contributed by atoms with Crippen LogP contribution in [0.25, 0.3) is 0 Å². The van der Waals surface area contributed by atoms with E-state index in [-0.39, 0.29) is 11.8 Å². The largest absolute Gasteiger partial charge is 0.342 e. The van der Waals surface area contributed by atoms with Crippen LogP contribution in [0.15, 0.2) is 30.3 Å². The smallest absolute Gasteiger partial charge is 0.271 e. The van der Waals surface area contributed by atoms with Crippen molar-refractivity contribution in [2.75, 3.05) is 0 Å². The van der Waals surface area contributed by atoms with Crippen LogP contribution in [-0.2, 0) is 21.0 Å². The number of amides is 2. The molecular formula is C14H18N2O3. The van der Waals surface area contributed by atoms with Crippen LogP contribution in [0.5, 0.6) is 0 Å². The summed E-state index contributed by atoms with van der Waals surface area (Å²) in [7, 11) is 0. The summed E-state index contributed by atoms with van der Waals surface area (Å²) in [5.74, 6) is -0.426. The number of hydrogen-bond donors (Lipinski definition) is 1. The van der Waals surface area contributed by atoms with Gasteiger partial charge in [0, 0.05) is 6.92 Å². The van der Waals surface area contributed by atoms with Crippen LogP contribution in [0.1, 0.15) is 26.3 Å². The van der Waals surface area contributed by atoms with E-state index in [0.29, 0.717) is 6.61 Å². The van der Waals surface area contributed by atoms with E-state index in [1.807, 2.05) is 44.2 Å². The van der Waals surface area contributed by atoms with E-state index in [9.17, 15) is 9.59 Å². The number of hydrogen-bond acceptors (Lipinski definition) is 3. The molecule has 0 spiro atoms. The third-order valence-electron chi connectivity index (χ3n) is 3.23. The second-order valence-corrected chi connectivity index (χ2v) is 5.18. The molecule has 0 saturated carbocycles. The highest BCUT2D eigenvalue weighted by molar-refractivity contribution is 5.93. The van der Waals surface area contributed by atoms with Gasteiger partial charge in [0.05, 0.1) is 5.54 Å². The number of carbonyl (C=O) groups excluding carboxylic acids is 2. The second kappa shape index (κ2) is 5.01. The molecule has 0 radical (unpaired) electrons. The summed E-state index contributed by atoms with van der Waals surface area (Å²) >= 11 is 0. The SMILES string of the molecule is CC(=O)NC1C(=O)N(OCc2ccccc2)C1(C)C. The Kier molecular flexibility index (Phi) is 3.57. The summed E-state index contributed by atoms with van der Waals surface area (Å²) in [6.45, 7) is 5.46. The Hall–Kier alpha value is -1.88. The lowest BCUT2D eigenvalue weighted by atomic mass is 9.84. The van der Waals surface area contributed by atoms with Gasteiger partial charge in [-0.15, -0.1) is 0 Å². The Morgan fingerprint density at radius 2 is 2.00 bits per heavy atom. The fourth-order valence-corrected chi connectivity index (χ4v) is 2.14. The van der Waals surface area contributed by atoms with Crippen molar-refractivity contribution >= 4 is 11.8 Å². The van der Waals surface area contributed by atoms with Crippen LogP contribution in [0, 0.1) is 0 Å². The standard InChI is InChI=1S/C14H18N2O3/c1-10(17)15-12-13(18)16(14(12,2)3)19-9-11-7-5-4-6-8-11/h4-8,12H,9H2,1-3H3,(H,15,17). The highest BCUT2D eigenvalue weighted by atomic mass is 16.7. The molecule has 19 heavy (non-hydrogen) atoms. The molecule has 5 nitrogen and oxygen atoms in total. The van der Waals surface area contributed by atoms with Crippen LogP contribution < -0.4 is 5.32 Å². The van der Waals surface area contributed by atoms with Crippen molar-refractivity contribution in [3.05, 3.63) is 35.9 Å². The zero-order valence-corrected chi connectivity index (χ0v) is 11.3. The molecule has 102 valence electrons. The molecule has 0 aliphatic carbocycles. The van der Waals surface area contributed by atoms with Gasteiger partial charge in [-0.2, -0.15) is 0 Å². The molecule has 0 aromatic heterocycles. The van der Waals surface area contributed by atoms with E-state index in [1.54, 1.807) is 0 Å². The third kappa shape index (κ3) is 2.61. The van der Waals surface area contributed by atoms with Crippen molar-refractivity contribution in [2.45, 2.75) is 39.0 Å². The fraction of sp³-hybridized carbons (Fsp3) is 0.429. The van der Waals surface area contributed by atoms with Crippen LogP contribution in [0.2, 0.25) is 0 Å². The number of nitrogens with zero attached hydrogens (tertiary/aromatic N) is 1. The van der Waals surface area contributed by atoms with Gasteiger partial charge in [0.2, 0.25) is 5.91 Å². The summed E-state index contributed by atoms with van der Waals surface area (Å²) in [4.78, 5) is 28.5. The highest BCUT2D eigenvalue weighted by Gasteiger charge is 2.56. The first-order valence-electron chi connectivity index (χ1n) is 6.21. The molecule has 5 heteroatoms. The predicted octanol–water partition coefficient (Wildman–Crippen LogP) is 1.24. The number of benzene rings is 1. The minimum absolute atomic E-state index is 0.212. The molecule has 1 unspecified atom stereocenters. The molecule has 0 bridgehead atoms. The Morgan fingerprint density at radius 3 is 2.53 bits per heavy atom. The number of rotatable bonds is 4. The van der Waals surface area contributed by atoms with Crippen molar-refractivity contribution in [1.82, 2.24) is 10.4 Å². The van der Waals surface area contributed by atoms with Gasteiger partial charge in [0.25, 0.3) is 5.91 Å². The summed E-state index contributed by atoms with van der Waals surface area (Å²) in [5, 5.41) is 3.97. The van der Waals surface area contributed by atoms with Gasteiger partial charge >= 0.3 is 0 Å². The Bertz CT molecular complexity index is 485. The van der Waals surface area contributed by atoms with E-state index >= 15 is 0 Å². The van der Waals surface area contributed by atoms with Crippen LogP contribution >= 0.6 is 0 Å². The summed E-state index contributed by atoms with van der Waals surface area (Å²) in [6.07, 6.45) is 0. The van der Waals surface area contributed by atoms with E-state index < -0.39 is 11.6 Å². The maximum absolute atomic E-state index is 11.9. The molecule has 1 aliphatic heterocycles. The van der Waals surface area contributed by atoms with E-state index in [4.69, 9.17) is 4.84 Å². The van der Waals surface area contributed by atoms with E-state index in [2.05, 4.69) is 5.32 Å². The quantitative estimate of drug-likeness (QED) is 0.831. The lowest BCUT2D eigenvalue weighted by molar-refractivity contribution is -0.263. The maximum atomic E-state index is 11.9. The number of nitrogens with one attached hydrogen (secondary N) is 1. The van der Waals surface area contributed by atoms with Crippen LogP contribution in [0.3, 0.4) is 0 Å². The summed E-state index contributed by atoms with van der Waals surface area (Å²) in [5.41, 5.74) is 0.464. The van der Waals surface area contributed by atoms with Gasteiger partial charge in [-0.1, -0.05) is 30.3 Å². The molecule has 2 rings (SSSR count). The first-order valence-corrected chi connectivity index (χ1v) is 6.21. The Balaban J connectivity index is 1.96. The molecule has 1 aromatic rings. The topological polar surface area (TPSA) is 58.6 Å². The summed E-state index contributed by atoms with van der Waals surface area (Å²) in [6, 6.07) is 9.12. The van der Waals surface area contributed by atoms with E-state index in [0.717, 1.165) is 5.56 Å². The van der Waals surface area contributed by atoms with Gasteiger partial charge < -0.3 is 5.32 Å². The van der Waals surface area contributed by atoms with Crippen LogP contribution in [0.4, 0.5) is 0 Å². The first-order chi connectivity index (χ1) is 8.93. The monoisotopic (exact) mass is 262 g/mol. The number of β-lactam (4-membered cyclic amide) rings is 1. The molecule has 1 aromatic carbocycles. The molecule has 1 heterocycles. The minimum Gasteiger partial charge on any atom is -0.342 e. The average molecular weight is 262 g/mol. The molecule has 1 N–H and O–H groups in total. The fourth-order valence-electron chi connectivity index (χ4n) is 2.14. The average Bonchev–Trinajstić information content (AvgIpc) is 2.37. The predicted molar refractivity (Wildman–Crippen MR) is 69.8 cm³/mol. The normalized spacial score (nSPS) is 20.9. The minimum atomic E-state index is -0.530. The van der Waals surface area contributed by atoms with Crippen LogP contribution in [-0.4, -0.2) is 28.5 Å². The number of hydroxylamine groups is 2. The van der Waals surface area contributed by atoms with Gasteiger partial charge in [0.1, 0.15) is 12.6 Å². The Morgan fingerprint density at radius 1 is 1.37 bits per heavy atom. The molecule has 1 aliphatic rings. The van der Waals surface area contributed by atoms with Gasteiger partial charge in [-0.05, 0) is 19.4 Å². The van der Waals surface area contributed by atoms with Crippen molar-refractivity contribution < 1.29 is 14.4 Å². The van der Waals surface area contributed by atoms with Crippen molar-refractivity contribution in [3.63, 3.8) is 0 Å². The van der Waals surface area contributed by atoms with Crippen molar-refractivity contribution in [3.8, 4) is 0 Å². The lowest BCUT2D eigenvalue weighted by Crippen LogP contribution is -2.76. The molecule has 2 amide bonds.